The number of benzene rings is 1. The second-order valence-corrected chi connectivity index (χ2v) is 6.64. The third-order valence-electron chi connectivity index (χ3n) is 4.61. The first-order chi connectivity index (χ1) is 12.1. The van der Waals surface area contributed by atoms with Gasteiger partial charge in [-0.15, -0.1) is 0 Å². The number of carbonyl (C=O) groups is 1. The highest BCUT2D eigenvalue weighted by molar-refractivity contribution is 5.90. The Balaban J connectivity index is 1.52. The normalized spacial score (nSPS) is 15.2. The fraction of sp³-hybridized carbons (Fsp3) is 0.316. The van der Waals surface area contributed by atoms with Crippen LogP contribution in [0.1, 0.15) is 16.8 Å². The van der Waals surface area contributed by atoms with Gasteiger partial charge in [0.15, 0.2) is 5.82 Å². The Bertz CT molecular complexity index is 932. The lowest BCUT2D eigenvalue weighted by Gasteiger charge is -2.35. The van der Waals surface area contributed by atoms with Crippen molar-refractivity contribution < 1.29 is 4.79 Å². The van der Waals surface area contributed by atoms with E-state index in [-0.39, 0.29) is 5.91 Å². The summed E-state index contributed by atoms with van der Waals surface area (Å²) in [4.78, 5) is 28.6. The number of piperazine rings is 1. The van der Waals surface area contributed by atoms with E-state index in [9.17, 15) is 4.79 Å². The lowest BCUT2D eigenvalue weighted by Crippen LogP contribution is -2.50. The molecule has 1 saturated heterocycles. The molecule has 3 aromatic rings. The highest BCUT2D eigenvalue weighted by Crippen LogP contribution is 2.24. The van der Waals surface area contributed by atoms with Crippen molar-refractivity contribution in [2.24, 2.45) is 0 Å². The van der Waals surface area contributed by atoms with Gasteiger partial charge >= 0.3 is 0 Å². The summed E-state index contributed by atoms with van der Waals surface area (Å²) in [5.74, 6) is 0.935. The van der Waals surface area contributed by atoms with E-state index >= 15 is 0 Å². The standard InChI is InChI=1S/C19H21N5O/c1-13-4-3-5-15(8-13)10-23-6-7-24(11-17(23)25)19-18-16(20-12-21-19)9-14(2)22-18/h3-5,8-9,12,22H,6-7,10-11H2,1-2H3. The number of hydrogen-bond donors (Lipinski definition) is 1. The van der Waals surface area contributed by atoms with Crippen LogP contribution in [0.3, 0.4) is 0 Å². The highest BCUT2D eigenvalue weighted by Gasteiger charge is 2.26. The molecule has 0 radical (unpaired) electrons. The van der Waals surface area contributed by atoms with Gasteiger partial charge in [0.2, 0.25) is 5.91 Å². The second kappa shape index (κ2) is 6.20. The lowest BCUT2D eigenvalue weighted by atomic mass is 10.1. The predicted molar refractivity (Wildman–Crippen MR) is 97.4 cm³/mol. The molecule has 0 atom stereocenters. The van der Waals surface area contributed by atoms with Crippen molar-refractivity contribution in [3.63, 3.8) is 0 Å². The number of nitrogens with zero attached hydrogens (tertiary/aromatic N) is 4. The van der Waals surface area contributed by atoms with Gasteiger partial charge in [0.25, 0.3) is 0 Å². The summed E-state index contributed by atoms with van der Waals surface area (Å²) in [5, 5.41) is 0. The maximum Gasteiger partial charge on any atom is 0.242 e. The topological polar surface area (TPSA) is 65.1 Å². The number of aromatic nitrogens is 3. The number of H-pyrrole nitrogens is 1. The highest BCUT2D eigenvalue weighted by atomic mass is 16.2. The van der Waals surface area contributed by atoms with Crippen molar-refractivity contribution in [3.05, 3.63) is 53.5 Å². The minimum Gasteiger partial charge on any atom is -0.354 e. The molecule has 6 nitrogen and oxygen atoms in total. The molecule has 0 bridgehead atoms. The van der Waals surface area contributed by atoms with Gasteiger partial charge in [-0.05, 0) is 25.5 Å². The lowest BCUT2D eigenvalue weighted by molar-refractivity contribution is -0.131. The van der Waals surface area contributed by atoms with E-state index in [1.807, 2.05) is 28.9 Å². The van der Waals surface area contributed by atoms with Gasteiger partial charge in [-0.25, -0.2) is 9.97 Å². The number of rotatable bonds is 3. The third-order valence-corrected chi connectivity index (χ3v) is 4.61. The molecule has 4 rings (SSSR count). The molecule has 6 heteroatoms. The second-order valence-electron chi connectivity index (χ2n) is 6.64. The van der Waals surface area contributed by atoms with Gasteiger partial charge in [-0.1, -0.05) is 29.8 Å². The van der Waals surface area contributed by atoms with Gasteiger partial charge < -0.3 is 14.8 Å². The molecule has 1 aliphatic heterocycles. The van der Waals surface area contributed by atoms with E-state index in [0.717, 1.165) is 29.1 Å². The molecule has 3 heterocycles. The zero-order valence-corrected chi connectivity index (χ0v) is 14.5. The van der Waals surface area contributed by atoms with Crippen molar-refractivity contribution in [1.29, 1.82) is 0 Å². The van der Waals surface area contributed by atoms with Crippen LogP contribution in [-0.4, -0.2) is 45.4 Å². The molecule has 1 fully saturated rings. The number of carbonyl (C=O) groups excluding carboxylic acids is 1. The molecule has 1 N–H and O–H groups in total. The third kappa shape index (κ3) is 3.07. The average molecular weight is 335 g/mol. The van der Waals surface area contributed by atoms with Gasteiger partial charge in [-0.2, -0.15) is 0 Å². The quantitative estimate of drug-likeness (QED) is 0.798. The van der Waals surface area contributed by atoms with Crippen LogP contribution in [0.15, 0.2) is 36.7 Å². The monoisotopic (exact) mass is 335 g/mol. The van der Waals surface area contributed by atoms with Crippen molar-refractivity contribution in [1.82, 2.24) is 19.9 Å². The number of nitrogens with one attached hydrogen (secondary N) is 1. The number of amides is 1. The van der Waals surface area contributed by atoms with E-state index < -0.39 is 0 Å². The molecule has 1 amide bonds. The molecular formula is C19H21N5O. The molecule has 25 heavy (non-hydrogen) atoms. The molecule has 128 valence electrons. The van der Waals surface area contributed by atoms with E-state index in [1.165, 1.54) is 11.1 Å². The average Bonchev–Trinajstić information content (AvgIpc) is 2.97. The van der Waals surface area contributed by atoms with E-state index in [0.29, 0.717) is 19.6 Å². The molecule has 1 aromatic carbocycles. The van der Waals surface area contributed by atoms with Crippen molar-refractivity contribution in [3.8, 4) is 0 Å². The fourth-order valence-corrected chi connectivity index (χ4v) is 3.38. The Morgan fingerprint density at radius 3 is 2.84 bits per heavy atom. The molecule has 1 aliphatic rings. The Kier molecular flexibility index (Phi) is 3.87. The number of aromatic amines is 1. The van der Waals surface area contributed by atoms with E-state index in [4.69, 9.17) is 0 Å². The molecule has 0 saturated carbocycles. The summed E-state index contributed by atoms with van der Waals surface area (Å²) in [7, 11) is 0. The maximum absolute atomic E-state index is 12.6. The Hall–Kier alpha value is -2.89. The summed E-state index contributed by atoms with van der Waals surface area (Å²) in [6.07, 6.45) is 1.56. The van der Waals surface area contributed by atoms with Crippen LogP contribution < -0.4 is 4.90 Å². The largest absolute Gasteiger partial charge is 0.354 e. The predicted octanol–water partition coefficient (Wildman–Crippen LogP) is 2.42. The smallest absolute Gasteiger partial charge is 0.242 e. The molecular weight excluding hydrogens is 314 g/mol. The first-order valence-corrected chi connectivity index (χ1v) is 8.49. The van der Waals surface area contributed by atoms with Crippen LogP contribution in [0.4, 0.5) is 5.82 Å². The van der Waals surface area contributed by atoms with Crippen LogP contribution in [0.25, 0.3) is 11.0 Å². The summed E-state index contributed by atoms with van der Waals surface area (Å²) in [6, 6.07) is 10.3. The zero-order valence-electron chi connectivity index (χ0n) is 14.5. The number of hydrogen-bond acceptors (Lipinski definition) is 4. The summed E-state index contributed by atoms with van der Waals surface area (Å²) in [6.45, 7) is 6.53. The van der Waals surface area contributed by atoms with Crippen LogP contribution in [0.2, 0.25) is 0 Å². The van der Waals surface area contributed by atoms with Crippen molar-refractivity contribution >= 4 is 22.8 Å². The van der Waals surface area contributed by atoms with Gasteiger partial charge in [-0.3, -0.25) is 4.79 Å². The molecule has 0 aliphatic carbocycles. The number of anilines is 1. The van der Waals surface area contributed by atoms with Gasteiger partial charge in [0.05, 0.1) is 12.1 Å². The summed E-state index contributed by atoms with van der Waals surface area (Å²) in [5.41, 5.74) is 5.22. The summed E-state index contributed by atoms with van der Waals surface area (Å²) >= 11 is 0. The Labute approximate surface area is 146 Å². The first-order valence-electron chi connectivity index (χ1n) is 8.49. The van der Waals surface area contributed by atoms with Gasteiger partial charge in [0, 0.05) is 25.3 Å². The minimum absolute atomic E-state index is 0.128. The Morgan fingerprint density at radius 2 is 2.04 bits per heavy atom. The van der Waals surface area contributed by atoms with Gasteiger partial charge in [0.1, 0.15) is 11.8 Å². The van der Waals surface area contributed by atoms with E-state index in [1.54, 1.807) is 6.33 Å². The van der Waals surface area contributed by atoms with Crippen molar-refractivity contribution in [2.45, 2.75) is 20.4 Å². The number of fused-ring (bicyclic) bond motifs is 1. The van der Waals surface area contributed by atoms with E-state index in [2.05, 4.69) is 40.1 Å². The maximum atomic E-state index is 12.6. The molecule has 2 aromatic heterocycles. The van der Waals surface area contributed by atoms with Crippen LogP contribution in [-0.2, 0) is 11.3 Å². The van der Waals surface area contributed by atoms with Crippen LogP contribution in [0, 0.1) is 13.8 Å². The SMILES string of the molecule is Cc1cccc(CN2CCN(c3ncnc4cc(C)[nH]c34)CC2=O)c1. The fourth-order valence-electron chi connectivity index (χ4n) is 3.38. The minimum atomic E-state index is 0.128. The molecule has 0 unspecified atom stereocenters. The van der Waals surface area contributed by atoms with Crippen LogP contribution in [0.5, 0.6) is 0 Å². The van der Waals surface area contributed by atoms with Crippen LogP contribution >= 0.6 is 0 Å². The first kappa shape index (κ1) is 15.6. The number of aryl methyl sites for hydroxylation is 2. The Morgan fingerprint density at radius 1 is 1.16 bits per heavy atom. The zero-order chi connectivity index (χ0) is 17.4. The van der Waals surface area contributed by atoms with Crippen molar-refractivity contribution in [2.75, 3.05) is 24.5 Å². The summed E-state index contributed by atoms with van der Waals surface area (Å²) < 4.78 is 0. The molecule has 0 spiro atoms.